The standard InChI is InChI=1S/C75H120O12/c76-64-70-55-72(56-70,57-70)66(78)84-51-45-39-33-27-21-15-9-3-4-11-17-23-29-35-41-47-53-86-68(80)74-61-75(62-74,63-74)69(81)87-54-48-42-36-30-24-18-12-6-5-10-16-22-28-34-40-46-52-85-67(79)73-58-71(59-73,60-73)65(77)83-50-44-38-32-26-20-14-8-2-1-7-13-19-25-31-37-43-49-82-64/h1-6H,7-63H2. The third-order valence-corrected chi connectivity index (χ3v) is 21.2. The van der Waals surface area contributed by atoms with Crippen LogP contribution >= 0.6 is 0 Å². The number of allylic oxidation sites excluding steroid dienone is 6. The average molecular weight is 1210 g/mol. The Bertz CT molecular complexity index is 1740. The molecule has 0 unspecified atom stereocenters. The van der Waals surface area contributed by atoms with E-state index in [4.69, 9.17) is 28.4 Å². The molecule has 0 radical (unpaired) electrons. The molecule has 16 aliphatic rings. The second-order valence-corrected chi connectivity index (χ2v) is 29.0. The van der Waals surface area contributed by atoms with E-state index in [1.165, 1.54) is 154 Å². The van der Waals surface area contributed by atoms with Gasteiger partial charge >= 0.3 is 35.8 Å². The van der Waals surface area contributed by atoms with Crippen LogP contribution < -0.4 is 0 Å². The van der Waals surface area contributed by atoms with E-state index < -0.39 is 32.5 Å². The summed E-state index contributed by atoms with van der Waals surface area (Å²) in [7, 11) is 0. The quantitative estimate of drug-likeness (QED) is 0.129. The molecule has 0 atom stereocenters. The van der Waals surface area contributed by atoms with E-state index in [0.717, 1.165) is 116 Å². The van der Waals surface area contributed by atoms with Crippen molar-refractivity contribution < 1.29 is 57.2 Å². The molecule has 6 bridgehead atoms. The highest BCUT2D eigenvalue weighted by molar-refractivity contribution is 5.93. The summed E-state index contributed by atoms with van der Waals surface area (Å²) in [6.45, 7) is 2.87. The molecular weight excluding hydrogens is 1090 g/mol. The van der Waals surface area contributed by atoms with Gasteiger partial charge in [-0.25, -0.2) is 0 Å². The largest absolute Gasteiger partial charge is 0.465 e. The van der Waals surface area contributed by atoms with Crippen LogP contribution in [0.25, 0.3) is 0 Å². The molecule has 9 fully saturated rings. The fraction of sp³-hybridized carbons (Fsp3) is 0.840. The average Bonchev–Trinajstić information content (AvgIpc) is 0.698. The highest BCUT2D eigenvalue weighted by Gasteiger charge is 2.78. The van der Waals surface area contributed by atoms with Crippen molar-refractivity contribution in [2.24, 2.45) is 32.5 Å². The Morgan fingerprint density at radius 3 is 0.425 bits per heavy atom. The minimum Gasteiger partial charge on any atom is -0.465 e. The number of carbonyl (C=O) groups is 6. The predicted octanol–water partition coefficient (Wildman–Crippen LogP) is 18.8. The molecule has 492 valence electrons. The Labute approximate surface area is 526 Å². The molecule has 0 aromatic heterocycles. The summed E-state index contributed by atoms with van der Waals surface area (Å²) in [6.07, 6.45) is 67.1. The second-order valence-electron chi connectivity index (χ2n) is 29.0. The Balaban J connectivity index is 0.676. The first-order valence-corrected chi connectivity index (χ1v) is 36.5. The maximum atomic E-state index is 12.9. The zero-order valence-corrected chi connectivity index (χ0v) is 54.7. The third-order valence-electron chi connectivity index (χ3n) is 21.2. The van der Waals surface area contributed by atoms with E-state index in [9.17, 15) is 28.8 Å². The number of esters is 6. The zero-order chi connectivity index (χ0) is 61.3. The molecular formula is C75H120O12. The van der Waals surface area contributed by atoms with E-state index in [-0.39, 0.29) is 35.8 Å². The van der Waals surface area contributed by atoms with Crippen molar-refractivity contribution >= 4 is 35.8 Å². The van der Waals surface area contributed by atoms with E-state index in [2.05, 4.69) is 36.5 Å². The maximum Gasteiger partial charge on any atom is 0.312 e. The van der Waals surface area contributed by atoms with Crippen LogP contribution in [0.3, 0.4) is 0 Å². The fourth-order valence-electron chi connectivity index (χ4n) is 15.7. The molecule has 7 aliphatic heterocycles. The SMILES string of the molecule is O=C1OCCCCCCCCC=CCCCCCCCCOC(=O)C23CC(C2)(C3)C(=O)OCCCCCCCCC=CCCCCCCCCOC(=O)C23CC(C2)(C3)C(=O)OCCCCCCCCC=CCCCCCCCCOC(=O)C23CC1(C2)C3. The lowest BCUT2D eigenvalue weighted by molar-refractivity contribution is -0.237. The van der Waals surface area contributed by atoms with Gasteiger partial charge in [0, 0.05) is 0 Å². The Morgan fingerprint density at radius 2 is 0.287 bits per heavy atom. The number of rotatable bonds is 0. The summed E-state index contributed by atoms with van der Waals surface area (Å²) in [5, 5.41) is 0. The van der Waals surface area contributed by atoms with Crippen LogP contribution in [-0.4, -0.2) is 75.5 Å². The summed E-state index contributed by atoms with van der Waals surface area (Å²) in [5.74, 6) is -0.656. The molecule has 12 heteroatoms. The summed E-state index contributed by atoms with van der Waals surface area (Å²) in [4.78, 5) is 77.2. The first kappa shape index (κ1) is 70.5. The second kappa shape index (κ2) is 38.0. The van der Waals surface area contributed by atoms with Gasteiger partial charge in [0.1, 0.15) is 0 Å². The molecule has 0 saturated heterocycles. The van der Waals surface area contributed by atoms with Crippen molar-refractivity contribution in [2.75, 3.05) is 39.6 Å². The third kappa shape index (κ3) is 21.9. The summed E-state index contributed by atoms with van der Waals surface area (Å²) in [5.41, 5.74) is -2.62. The Morgan fingerprint density at radius 1 is 0.172 bits per heavy atom. The van der Waals surface area contributed by atoms with Gasteiger partial charge < -0.3 is 28.4 Å². The maximum absolute atomic E-state index is 12.9. The van der Waals surface area contributed by atoms with Crippen LogP contribution in [0.15, 0.2) is 36.5 Å². The van der Waals surface area contributed by atoms with E-state index in [1.54, 1.807) is 0 Å². The van der Waals surface area contributed by atoms with Crippen molar-refractivity contribution in [3.8, 4) is 0 Å². The van der Waals surface area contributed by atoms with Crippen LogP contribution in [0.4, 0.5) is 0 Å². The van der Waals surface area contributed by atoms with Gasteiger partial charge in [0.15, 0.2) is 0 Å². The first-order valence-electron chi connectivity index (χ1n) is 36.5. The monoisotopic (exact) mass is 1210 g/mol. The van der Waals surface area contributed by atoms with Gasteiger partial charge in [-0.05, 0) is 173 Å². The van der Waals surface area contributed by atoms with Crippen LogP contribution in [0.2, 0.25) is 0 Å². The number of carbonyl (C=O) groups excluding carboxylic acids is 6. The van der Waals surface area contributed by atoms with Crippen LogP contribution in [0, 0.1) is 32.5 Å². The van der Waals surface area contributed by atoms with E-state index in [0.29, 0.717) is 97.4 Å². The number of hydrogen-bond acceptors (Lipinski definition) is 12. The van der Waals surface area contributed by atoms with Crippen LogP contribution in [0.1, 0.15) is 327 Å². The lowest BCUT2D eigenvalue weighted by Gasteiger charge is -2.66. The molecule has 9 aliphatic carbocycles. The van der Waals surface area contributed by atoms with Gasteiger partial charge in [-0.2, -0.15) is 0 Å². The van der Waals surface area contributed by atoms with Gasteiger partial charge in [-0.3, -0.25) is 28.8 Å². The molecule has 0 amide bonds. The number of hydrogen-bond donors (Lipinski definition) is 0. The lowest BCUT2D eigenvalue weighted by Crippen LogP contribution is -2.69. The van der Waals surface area contributed by atoms with Crippen molar-refractivity contribution in [3.63, 3.8) is 0 Å². The minimum atomic E-state index is -0.437. The number of ether oxygens (including phenoxy) is 6. The molecule has 0 aromatic rings. The zero-order valence-electron chi connectivity index (χ0n) is 54.7. The van der Waals surface area contributed by atoms with Gasteiger partial charge in [0.25, 0.3) is 0 Å². The summed E-state index contributed by atoms with van der Waals surface area (Å²) >= 11 is 0. The molecule has 7 heterocycles. The smallest absolute Gasteiger partial charge is 0.312 e. The Kier molecular flexibility index (Phi) is 30.8. The highest BCUT2D eigenvalue weighted by atomic mass is 16.6. The highest BCUT2D eigenvalue weighted by Crippen LogP contribution is 2.76. The van der Waals surface area contributed by atoms with Crippen LogP contribution in [0.5, 0.6) is 0 Å². The molecule has 0 aromatic carbocycles. The van der Waals surface area contributed by atoms with E-state index in [1.807, 2.05) is 0 Å². The summed E-state index contributed by atoms with van der Waals surface area (Å²) in [6, 6.07) is 0. The molecule has 0 N–H and O–H groups in total. The van der Waals surface area contributed by atoms with Gasteiger partial charge in [0.2, 0.25) is 0 Å². The van der Waals surface area contributed by atoms with Crippen molar-refractivity contribution in [1.29, 1.82) is 0 Å². The molecule has 9 saturated carbocycles. The Hall–Kier alpha value is -3.96. The van der Waals surface area contributed by atoms with Gasteiger partial charge in [0.05, 0.1) is 72.1 Å². The molecule has 87 heavy (non-hydrogen) atoms. The van der Waals surface area contributed by atoms with Crippen molar-refractivity contribution in [2.45, 2.75) is 327 Å². The molecule has 0 spiro atoms. The molecule has 12 nitrogen and oxygen atoms in total. The van der Waals surface area contributed by atoms with Crippen molar-refractivity contribution in [3.05, 3.63) is 36.5 Å². The fourth-order valence-corrected chi connectivity index (χ4v) is 15.7. The molecule has 16 rings (SSSR count). The van der Waals surface area contributed by atoms with Gasteiger partial charge in [-0.1, -0.05) is 191 Å². The van der Waals surface area contributed by atoms with Gasteiger partial charge in [-0.15, -0.1) is 0 Å². The van der Waals surface area contributed by atoms with Crippen LogP contribution in [-0.2, 0) is 57.2 Å². The lowest BCUT2D eigenvalue weighted by atomic mass is 9.35. The normalized spacial score (nSPS) is 33.8. The van der Waals surface area contributed by atoms with E-state index >= 15 is 0 Å². The predicted molar refractivity (Wildman–Crippen MR) is 343 cm³/mol. The topological polar surface area (TPSA) is 158 Å². The summed E-state index contributed by atoms with van der Waals surface area (Å²) < 4.78 is 34.1. The minimum absolute atomic E-state index is 0.109. The van der Waals surface area contributed by atoms with Crippen molar-refractivity contribution in [1.82, 2.24) is 0 Å². The first-order chi connectivity index (χ1) is 42.5.